The van der Waals surface area contributed by atoms with Gasteiger partial charge in [-0.3, -0.25) is 4.79 Å². The quantitative estimate of drug-likeness (QED) is 0.146. The average molecular weight is 559 g/mol. The van der Waals surface area contributed by atoms with E-state index in [0.29, 0.717) is 27.6 Å². The van der Waals surface area contributed by atoms with Gasteiger partial charge >= 0.3 is 5.97 Å². The third-order valence-electron chi connectivity index (χ3n) is 6.33. The van der Waals surface area contributed by atoms with E-state index in [2.05, 4.69) is 6.08 Å². The van der Waals surface area contributed by atoms with E-state index < -0.39 is 11.6 Å². The van der Waals surface area contributed by atoms with Crippen LogP contribution in [0.5, 0.6) is 11.5 Å². The van der Waals surface area contributed by atoms with Crippen molar-refractivity contribution in [1.82, 2.24) is 0 Å². The number of ketones is 1. The van der Waals surface area contributed by atoms with Gasteiger partial charge < -0.3 is 18.9 Å². The van der Waals surface area contributed by atoms with Crippen molar-refractivity contribution in [1.29, 1.82) is 0 Å². The van der Waals surface area contributed by atoms with Crippen molar-refractivity contribution in [2.75, 3.05) is 14.2 Å². The summed E-state index contributed by atoms with van der Waals surface area (Å²) in [7, 11) is 3.29. The van der Waals surface area contributed by atoms with Crippen LogP contribution in [0.25, 0.3) is 6.08 Å². The Morgan fingerprint density at radius 1 is 0.850 bits per heavy atom. The van der Waals surface area contributed by atoms with Crippen LogP contribution in [0.1, 0.15) is 41.8 Å². The highest BCUT2D eigenvalue weighted by atomic mass is 35.5. The second kappa shape index (κ2) is 12.7. The van der Waals surface area contributed by atoms with Crippen molar-refractivity contribution < 1.29 is 28.5 Å². The zero-order valence-electron chi connectivity index (χ0n) is 22.8. The maximum absolute atomic E-state index is 12.9. The van der Waals surface area contributed by atoms with E-state index in [9.17, 15) is 9.59 Å². The molecule has 1 atom stereocenters. The summed E-state index contributed by atoms with van der Waals surface area (Å²) in [5.41, 5.74) is 0.731. The van der Waals surface area contributed by atoms with E-state index in [1.165, 1.54) is 0 Å². The highest BCUT2D eigenvalue weighted by Crippen LogP contribution is 2.26. The summed E-state index contributed by atoms with van der Waals surface area (Å²) in [6, 6.07) is 20.6. The molecule has 1 aliphatic rings. The molecular weight excluding hydrogens is 528 g/mol. The molecule has 1 unspecified atom stereocenters. The Hall–Kier alpha value is -4.29. The third kappa shape index (κ3) is 7.42. The first-order chi connectivity index (χ1) is 19.2. The van der Waals surface area contributed by atoms with Crippen LogP contribution in [0.3, 0.4) is 0 Å². The van der Waals surface area contributed by atoms with Crippen molar-refractivity contribution >= 4 is 29.4 Å². The standard InChI is InChI=1S/C33H31ClO6/c1-33(2,40-28-17-11-25(12-18-28)31(35)24-9-13-26(34)14-10-24)32(36)39-27-15-7-22(8-16-27)5-6-23-19-29(37-3)21-30(20-23)38-4/h5-19,21,23H,20H2,1-4H3/b6-5+. The number of hydrogen-bond acceptors (Lipinski definition) is 6. The van der Waals surface area contributed by atoms with Crippen molar-refractivity contribution in [3.05, 3.63) is 124 Å². The number of benzene rings is 3. The number of methoxy groups -OCH3 is 2. The first-order valence-corrected chi connectivity index (χ1v) is 13.1. The van der Waals surface area contributed by atoms with Crippen molar-refractivity contribution in [3.8, 4) is 11.5 Å². The Kier molecular flexibility index (Phi) is 9.12. The summed E-state index contributed by atoms with van der Waals surface area (Å²) in [5.74, 6) is 1.95. The van der Waals surface area contributed by atoms with Crippen molar-refractivity contribution in [2.45, 2.75) is 25.9 Å². The zero-order chi connectivity index (χ0) is 28.7. The maximum Gasteiger partial charge on any atom is 0.355 e. The summed E-state index contributed by atoms with van der Waals surface area (Å²) in [6.45, 7) is 3.27. The van der Waals surface area contributed by atoms with Crippen LogP contribution in [0.15, 0.2) is 103 Å². The molecule has 0 amide bonds. The molecule has 0 saturated heterocycles. The summed E-state index contributed by atoms with van der Waals surface area (Å²) in [6.07, 6.45) is 8.77. The number of halogens is 1. The van der Waals surface area contributed by atoms with Gasteiger partial charge in [0.25, 0.3) is 0 Å². The summed E-state index contributed by atoms with van der Waals surface area (Å²) < 4.78 is 22.2. The molecule has 0 radical (unpaired) electrons. The first-order valence-electron chi connectivity index (χ1n) is 12.8. The highest BCUT2D eigenvalue weighted by Gasteiger charge is 2.32. The largest absolute Gasteiger partial charge is 0.501 e. The van der Waals surface area contributed by atoms with Crippen LogP contribution < -0.4 is 9.47 Å². The van der Waals surface area contributed by atoms with Crippen LogP contribution in [-0.2, 0) is 14.3 Å². The normalized spacial score (nSPS) is 15.2. The minimum atomic E-state index is -1.26. The van der Waals surface area contributed by atoms with E-state index in [4.69, 9.17) is 30.5 Å². The fourth-order valence-electron chi connectivity index (χ4n) is 4.05. The number of ether oxygens (including phenoxy) is 4. The maximum atomic E-state index is 12.9. The number of hydrogen-bond donors (Lipinski definition) is 0. The molecule has 0 heterocycles. The molecule has 1 aliphatic carbocycles. The van der Waals surface area contributed by atoms with Crippen molar-refractivity contribution in [3.63, 3.8) is 0 Å². The Morgan fingerprint density at radius 2 is 1.45 bits per heavy atom. The summed E-state index contributed by atoms with van der Waals surface area (Å²) >= 11 is 5.91. The van der Waals surface area contributed by atoms with Gasteiger partial charge in [-0.1, -0.05) is 35.9 Å². The van der Waals surface area contributed by atoms with E-state index in [-0.39, 0.29) is 11.7 Å². The molecule has 0 N–H and O–H groups in total. The molecule has 6 nitrogen and oxygen atoms in total. The van der Waals surface area contributed by atoms with Crippen LogP contribution in [-0.4, -0.2) is 31.6 Å². The minimum absolute atomic E-state index is 0.133. The molecule has 3 aromatic carbocycles. The Balaban J connectivity index is 1.33. The van der Waals surface area contributed by atoms with E-state index >= 15 is 0 Å². The molecule has 0 bridgehead atoms. The molecule has 0 aliphatic heterocycles. The Bertz CT molecular complexity index is 1430. The van der Waals surface area contributed by atoms with Gasteiger partial charge in [-0.05, 0) is 86.2 Å². The number of rotatable bonds is 10. The molecule has 0 fully saturated rings. The minimum Gasteiger partial charge on any atom is -0.501 e. The molecule has 7 heteroatoms. The van der Waals surface area contributed by atoms with E-state index in [1.807, 2.05) is 30.4 Å². The molecular formula is C33H31ClO6. The van der Waals surface area contributed by atoms with Gasteiger partial charge in [-0.25, -0.2) is 4.79 Å². The van der Waals surface area contributed by atoms with Crippen LogP contribution in [0.4, 0.5) is 0 Å². The molecule has 0 spiro atoms. The van der Waals surface area contributed by atoms with Crippen LogP contribution in [0.2, 0.25) is 5.02 Å². The number of allylic oxidation sites excluding steroid dienone is 4. The van der Waals surface area contributed by atoms with Gasteiger partial charge in [0.2, 0.25) is 5.60 Å². The van der Waals surface area contributed by atoms with Gasteiger partial charge in [0.1, 0.15) is 23.0 Å². The fraction of sp³-hybridized carbons (Fsp3) is 0.212. The predicted molar refractivity (Wildman–Crippen MR) is 155 cm³/mol. The van der Waals surface area contributed by atoms with Crippen LogP contribution in [0, 0.1) is 5.92 Å². The number of esters is 1. The SMILES string of the molecule is COC1=CC(/C=C/c2ccc(OC(=O)C(C)(C)Oc3ccc(C(=O)c4ccc(Cl)cc4)cc3)cc2)CC(OC)=C1. The third-order valence-corrected chi connectivity index (χ3v) is 6.58. The van der Waals surface area contributed by atoms with Gasteiger partial charge in [0.05, 0.1) is 14.2 Å². The van der Waals surface area contributed by atoms with Gasteiger partial charge in [0, 0.05) is 34.6 Å². The smallest absolute Gasteiger partial charge is 0.355 e. The molecule has 3 aromatic rings. The molecule has 0 saturated carbocycles. The van der Waals surface area contributed by atoms with Crippen LogP contribution >= 0.6 is 11.6 Å². The number of carbonyl (C=O) groups is 2. The lowest BCUT2D eigenvalue weighted by molar-refractivity contribution is -0.149. The van der Waals surface area contributed by atoms with Crippen molar-refractivity contribution in [2.24, 2.45) is 5.92 Å². The van der Waals surface area contributed by atoms with Gasteiger partial charge in [-0.15, -0.1) is 0 Å². The molecule has 206 valence electrons. The molecule has 0 aromatic heterocycles. The first kappa shape index (κ1) is 28.7. The van der Waals surface area contributed by atoms with E-state index in [1.54, 1.807) is 88.7 Å². The Labute approximate surface area is 239 Å². The lowest BCUT2D eigenvalue weighted by atomic mass is 9.97. The topological polar surface area (TPSA) is 71.1 Å². The Morgan fingerprint density at radius 3 is 2.05 bits per heavy atom. The predicted octanol–water partition coefficient (Wildman–Crippen LogP) is 7.43. The highest BCUT2D eigenvalue weighted by molar-refractivity contribution is 6.30. The lowest BCUT2D eigenvalue weighted by Gasteiger charge is -2.24. The monoisotopic (exact) mass is 558 g/mol. The average Bonchev–Trinajstić information content (AvgIpc) is 2.96. The summed E-state index contributed by atoms with van der Waals surface area (Å²) in [5, 5.41) is 0.565. The van der Waals surface area contributed by atoms with Gasteiger partial charge in [0.15, 0.2) is 5.78 Å². The molecule has 4 rings (SSSR count). The van der Waals surface area contributed by atoms with E-state index in [0.717, 1.165) is 23.5 Å². The zero-order valence-corrected chi connectivity index (χ0v) is 23.6. The second-order valence-electron chi connectivity index (χ2n) is 9.75. The second-order valence-corrected chi connectivity index (χ2v) is 10.2. The number of carbonyl (C=O) groups excluding carboxylic acids is 2. The lowest BCUT2D eigenvalue weighted by Crippen LogP contribution is -2.41. The summed E-state index contributed by atoms with van der Waals surface area (Å²) in [4.78, 5) is 25.6. The molecule has 40 heavy (non-hydrogen) atoms. The fourth-order valence-corrected chi connectivity index (χ4v) is 4.18. The van der Waals surface area contributed by atoms with Gasteiger partial charge in [-0.2, -0.15) is 0 Å².